The number of carbonyl (C=O) groups excluding carboxylic acids is 2. The Morgan fingerprint density at radius 1 is 1.17 bits per heavy atom. The van der Waals surface area contributed by atoms with Gasteiger partial charge in [-0.2, -0.15) is 0 Å². The number of esters is 1. The maximum atomic E-state index is 12.9. The molecule has 1 atom stereocenters. The predicted octanol–water partition coefficient (Wildman–Crippen LogP) is 1.89. The second kappa shape index (κ2) is 9.95. The summed E-state index contributed by atoms with van der Waals surface area (Å²) in [5.41, 5.74) is 1.86. The van der Waals surface area contributed by atoms with E-state index in [9.17, 15) is 9.59 Å². The molecule has 0 unspecified atom stereocenters. The Labute approximate surface area is 178 Å². The standard InChI is InChI=1S/C22H32N4O4/c1-5-29-21(27)19-18(14-26-12-10-25(4)11-13-26)23-22(28)24-20(19)16-6-8-17(9-7-16)30-15(2)3/h6-9,15,20H,5,10-14H2,1-4H3,(H2,23,24,28)/t20-/m1/s1. The number of hydrogen-bond acceptors (Lipinski definition) is 6. The van der Waals surface area contributed by atoms with Gasteiger partial charge >= 0.3 is 12.0 Å². The lowest BCUT2D eigenvalue weighted by Crippen LogP contribution is -2.51. The van der Waals surface area contributed by atoms with E-state index in [1.165, 1.54) is 0 Å². The number of rotatable bonds is 7. The van der Waals surface area contributed by atoms with Crippen molar-refractivity contribution >= 4 is 12.0 Å². The second-order valence-electron chi connectivity index (χ2n) is 7.96. The van der Waals surface area contributed by atoms with E-state index in [1.807, 2.05) is 38.1 Å². The molecule has 0 aromatic heterocycles. The number of hydrogen-bond donors (Lipinski definition) is 2. The Hall–Kier alpha value is -2.58. The van der Waals surface area contributed by atoms with Gasteiger partial charge in [0, 0.05) is 38.4 Å². The predicted molar refractivity (Wildman–Crippen MR) is 114 cm³/mol. The molecule has 1 aromatic carbocycles. The monoisotopic (exact) mass is 416 g/mol. The lowest BCUT2D eigenvalue weighted by molar-refractivity contribution is -0.139. The van der Waals surface area contributed by atoms with E-state index in [0.29, 0.717) is 17.8 Å². The van der Waals surface area contributed by atoms with Gasteiger partial charge in [-0.3, -0.25) is 4.90 Å². The van der Waals surface area contributed by atoms with Crippen LogP contribution in [0.25, 0.3) is 0 Å². The van der Waals surface area contributed by atoms with E-state index in [0.717, 1.165) is 37.5 Å². The zero-order valence-electron chi connectivity index (χ0n) is 18.2. The first-order valence-electron chi connectivity index (χ1n) is 10.5. The maximum Gasteiger partial charge on any atom is 0.338 e. The van der Waals surface area contributed by atoms with Crippen LogP contribution in [0.1, 0.15) is 32.4 Å². The van der Waals surface area contributed by atoms with Crippen LogP contribution in [0.5, 0.6) is 5.75 Å². The number of ether oxygens (including phenoxy) is 2. The summed E-state index contributed by atoms with van der Waals surface area (Å²) >= 11 is 0. The van der Waals surface area contributed by atoms with Gasteiger partial charge in [-0.25, -0.2) is 9.59 Å². The molecule has 164 valence electrons. The van der Waals surface area contributed by atoms with E-state index in [4.69, 9.17) is 9.47 Å². The average Bonchev–Trinajstić information content (AvgIpc) is 2.69. The summed E-state index contributed by atoms with van der Waals surface area (Å²) < 4.78 is 11.0. The highest BCUT2D eigenvalue weighted by Crippen LogP contribution is 2.29. The van der Waals surface area contributed by atoms with Crippen molar-refractivity contribution in [3.05, 3.63) is 41.1 Å². The summed E-state index contributed by atoms with van der Waals surface area (Å²) in [4.78, 5) is 29.8. The highest BCUT2D eigenvalue weighted by Gasteiger charge is 2.34. The minimum Gasteiger partial charge on any atom is -0.491 e. The summed E-state index contributed by atoms with van der Waals surface area (Å²) in [5.74, 6) is 0.329. The molecule has 8 heteroatoms. The first-order valence-corrected chi connectivity index (χ1v) is 10.5. The largest absolute Gasteiger partial charge is 0.491 e. The van der Waals surface area contributed by atoms with Crippen LogP contribution in [-0.2, 0) is 9.53 Å². The Morgan fingerprint density at radius 3 is 2.43 bits per heavy atom. The smallest absolute Gasteiger partial charge is 0.338 e. The summed E-state index contributed by atoms with van der Waals surface area (Å²) in [6, 6.07) is 6.56. The molecule has 2 aliphatic rings. The molecule has 2 N–H and O–H groups in total. The number of urea groups is 1. The van der Waals surface area contributed by atoms with Crippen molar-refractivity contribution in [3.8, 4) is 5.75 Å². The lowest BCUT2D eigenvalue weighted by atomic mass is 9.94. The SMILES string of the molecule is CCOC(=O)C1=C(CN2CCN(C)CC2)NC(=O)N[C@@H]1c1ccc(OC(C)C)cc1. The molecule has 0 radical (unpaired) electrons. The fourth-order valence-corrected chi connectivity index (χ4v) is 3.68. The van der Waals surface area contributed by atoms with Crippen LogP contribution in [0, 0.1) is 0 Å². The highest BCUT2D eigenvalue weighted by molar-refractivity contribution is 5.95. The third kappa shape index (κ3) is 5.52. The summed E-state index contributed by atoms with van der Waals surface area (Å²) in [7, 11) is 2.09. The van der Waals surface area contributed by atoms with E-state index < -0.39 is 12.0 Å². The van der Waals surface area contributed by atoms with Crippen molar-refractivity contribution in [1.82, 2.24) is 20.4 Å². The molecule has 0 bridgehead atoms. The molecule has 30 heavy (non-hydrogen) atoms. The molecule has 8 nitrogen and oxygen atoms in total. The van der Waals surface area contributed by atoms with Gasteiger partial charge in [0.05, 0.1) is 24.3 Å². The summed E-state index contributed by atoms with van der Waals surface area (Å²) in [5, 5.41) is 5.73. The average molecular weight is 417 g/mol. The molecule has 1 saturated heterocycles. The van der Waals surface area contributed by atoms with Crippen molar-refractivity contribution in [1.29, 1.82) is 0 Å². The Morgan fingerprint density at radius 2 is 1.83 bits per heavy atom. The van der Waals surface area contributed by atoms with Crippen LogP contribution in [-0.4, -0.2) is 74.3 Å². The first-order chi connectivity index (χ1) is 14.4. The molecule has 2 amide bonds. The minimum atomic E-state index is -0.576. The van der Waals surface area contributed by atoms with Gasteiger partial charge in [-0.1, -0.05) is 12.1 Å². The molecule has 0 spiro atoms. The molecule has 1 fully saturated rings. The molecule has 0 aliphatic carbocycles. The van der Waals surface area contributed by atoms with Crippen molar-refractivity contribution < 1.29 is 19.1 Å². The van der Waals surface area contributed by atoms with Crippen molar-refractivity contribution in [2.24, 2.45) is 0 Å². The van der Waals surface area contributed by atoms with Crippen LogP contribution in [0.15, 0.2) is 35.5 Å². The Balaban J connectivity index is 1.91. The van der Waals surface area contributed by atoms with E-state index in [2.05, 4.69) is 27.5 Å². The van der Waals surface area contributed by atoms with Crippen LogP contribution in [0.4, 0.5) is 4.79 Å². The third-order valence-corrected chi connectivity index (χ3v) is 5.21. The Bertz CT molecular complexity index is 783. The van der Waals surface area contributed by atoms with Crippen molar-refractivity contribution in [2.45, 2.75) is 32.9 Å². The fraction of sp³-hybridized carbons (Fsp3) is 0.545. The normalized spacial score (nSPS) is 20.7. The summed E-state index contributed by atoms with van der Waals surface area (Å²) in [6.45, 7) is 10.1. The first kappa shape index (κ1) is 22.1. The summed E-state index contributed by atoms with van der Waals surface area (Å²) in [6.07, 6.45) is 0.0691. The van der Waals surface area contributed by atoms with Crippen LogP contribution < -0.4 is 15.4 Å². The minimum absolute atomic E-state index is 0.0691. The van der Waals surface area contributed by atoms with Gasteiger partial charge in [-0.05, 0) is 45.5 Å². The quantitative estimate of drug-likeness (QED) is 0.661. The zero-order chi connectivity index (χ0) is 21.7. The number of amides is 2. The molecule has 3 rings (SSSR count). The van der Waals surface area contributed by atoms with Gasteiger partial charge in [-0.15, -0.1) is 0 Å². The molecule has 2 heterocycles. The maximum absolute atomic E-state index is 12.9. The molecular formula is C22H32N4O4. The topological polar surface area (TPSA) is 83.1 Å². The van der Waals surface area contributed by atoms with Gasteiger partial charge in [0.15, 0.2) is 0 Å². The molecule has 0 saturated carbocycles. The number of benzene rings is 1. The lowest BCUT2D eigenvalue weighted by Gasteiger charge is -2.35. The van der Waals surface area contributed by atoms with E-state index in [1.54, 1.807) is 6.92 Å². The van der Waals surface area contributed by atoms with Crippen LogP contribution in [0.2, 0.25) is 0 Å². The van der Waals surface area contributed by atoms with E-state index >= 15 is 0 Å². The van der Waals surface area contributed by atoms with Gasteiger partial charge in [0.2, 0.25) is 0 Å². The zero-order valence-corrected chi connectivity index (χ0v) is 18.2. The highest BCUT2D eigenvalue weighted by atomic mass is 16.5. The number of likely N-dealkylation sites (N-methyl/N-ethyl adjacent to an activating group) is 1. The fourth-order valence-electron chi connectivity index (χ4n) is 3.68. The number of carbonyl (C=O) groups is 2. The molecular weight excluding hydrogens is 384 g/mol. The number of nitrogens with one attached hydrogen (secondary N) is 2. The molecule has 2 aliphatic heterocycles. The van der Waals surface area contributed by atoms with Crippen LogP contribution >= 0.6 is 0 Å². The van der Waals surface area contributed by atoms with Gasteiger partial charge < -0.3 is 25.0 Å². The second-order valence-corrected chi connectivity index (χ2v) is 7.96. The van der Waals surface area contributed by atoms with E-state index in [-0.39, 0.29) is 18.7 Å². The van der Waals surface area contributed by atoms with Crippen LogP contribution in [0.3, 0.4) is 0 Å². The molecule has 1 aromatic rings. The van der Waals surface area contributed by atoms with Crippen molar-refractivity contribution in [2.75, 3.05) is 46.4 Å². The third-order valence-electron chi connectivity index (χ3n) is 5.21. The number of nitrogens with zero attached hydrogens (tertiary/aromatic N) is 2. The van der Waals surface area contributed by atoms with Gasteiger partial charge in [0.1, 0.15) is 5.75 Å². The Kier molecular flexibility index (Phi) is 7.33. The number of piperazine rings is 1. The van der Waals surface area contributed by atoms with Crippen molar-refractivity contribution in [3.63, 3.8) is 0 Å². The van der Waals surface area contributed by atoms with Gasteiger partial charge in [0.25, 0.3) is 0 Å².